The zero-order valence-corrected chi connectivity index (χ0v) is 5.09. The minimum atomic E-state index is -4.64. The molecule has 0 saturated heterocycles. The molecule has 0 aromatic rings. The molecule has 0 atom stereocenters. The van der Waals surface area contributed by atoms with Gasteiger partial charge < -0.3 is 36.6 Å². The summed E-state index contributed by atoms with van der Waals surface area (Å²) in [4.78, 5) is 21.6. The SMILES string of the molecule is O.O.O.O.O=P(O)(O)O.[NaH].[NaH]. The van der Waals surface area contributed by atoms with Gasteiger partial charge in [-0.3, -0.25) is 0 Å². The summed E-state index contributed by atoms with van der Waals surface area (Å²) in [5.41, 5.74) is 0. The first kappa shape index (κ1) is 52.2. The Labute approximate surface area is 107 Å². The monoisotopic (exact) mass is 218 g/mol. The van der Waals surface area contributed by atoms with Crippen LogP contribution in [-0.2, 0) is 4.57 Å². The van der Waals surface area contributed by atoms with Crippen molar-refractivity contribution in [2.45, 2.75) is 0 Å². The third-order valence-corrected chi connectivity index (χ3v) is 0. The van der Waals surface area contributed by atoms with Crippen molar-refractivity contribution in [3.8, 4) is 0 Å². The van der Waals surface area contributed by atoms with Crippen LogP contribution >= 0.6 is 7.82 Å². The average Bonchev–Trinajstić information content (AvgIpc) is 0.722. The van der Waals surface area contributed by atoms with Gasteiger partial charge in [-0.05, 0) is 0 Å². The van der Waals surface area contributed by atoms with Crippen LogP contribution in [0.3, 0.4) is 0 Å². The molecule has 0 saturated carbocycles. The van der Waals surface area contributed by atoms with Crippen LogP contribution in [0.25, 0.3) is 0 Å². The van der Waals surface area contributed by atoms with Crippen LogP contribution in [0.5, 0.6) is 0 Å². The second kappa shape index (κ2) is 22.7. The first-order valence-electron chi connectivity index (χ1n) is 0.783. The van der Waals surface area contributed by atoms with Gasteiger partial charge in [-0.1, -0.05) is 0 Å². The van der Waals surface area contributed by atoms with Crippen LogP contribution in [0.4, 0.5) is 0 Å². The summed E-state index contributed by atoms with van der Waals surface area (Å²) in [5, 5.41) is 0. The predicted octanol–water partition coefficient (Wildman–Crippen LogP) is -5.52. The van der Waals surface area contributed by atoms with Gasteiger partial charge in [-0.15, -0.1) is 0 Å². The summed E-state index contributed by atoms with van der Waals surface area (Å²) >= 11 is 0. The van der Waals surface area contributed by atoms with E-state index in [-0.39, 0.29) is 81.0 Å². The van der Waals surface area contributed by atoms with E-state index in [9.17, 15) is 0 Å². The van der Waals surface area contributed by atoms with Crippen LogP contribution in [0.15, 0.2) is 0 Å². The molecule has 8 nitrogen and oxygen atoms in total. The normalized spacial score (nSPS) is 5.36. The molecule has 0 heterocycles. The molecular formula is H13Na2O8P. The molecule has 0 aliphatic rings. The van der Waals surface area contributed by atoms with Gasteiger partial charge in [0.25, 0.3) is 0 Å². The molecule has 0 spiro atoms. The summed E-state index contributed by atoms with van der Waals surface area (Å²) < 4.78 is 8.88. The van der Waals surface area contributed by atoms with Gasteiger partial charge in [0.2, 0.25) is 0 Å². The Balaban J connectivity index is -0.00000000533. The minimum absolute atomic E-state index is 0. The van der Waals surface area contributed by atoms with E-state index < -0.39 is 7.82 Å². The van der Waals surface area contributed by atoms with Crippen LogP contribution in [0.1, 0.15) is 0 Å². The van der Waals surface area contributed by atoms with Crippen LogP contribution in [0, 0.1) is 0 Å². The van der Waals surface area contributed by atoms with E-state index >= 15 is 0 Å². The van der Waals surface area contributed by atoms with Crippen LogP contribution in [0.2, 0.25) is 0 Å². The summed E-state index contributed by atoms with van der Waals surface area (Å²) in [7, 11) is -4.64. The van der Waals surface area contributed by atoms with Crippen molar-refractivity contribution in [1.29, 1.82) is 0 Å². The maximum atomic E-state index is 8.88. The van der Waals surface area contributed by atoms with Gasteiger partial charge in [-0.25, -0.2) is 4.57 Å². The average molecular weight is 218 g/mol. The topological polar surface area (TPSA) is 204 Å². The van der Waals surface area contributed by atoms with Crippen LogP contribution < -0.4 is 0 Å². The molecule has 0 unspecified atom stereocenters. The van der Waals surface area contributed by atoms with E-state index in [0.717, 1.165) is 0 Å². The van der Waals surface area contributed by atoms with E-state index in [1.807, 2.05) is 0 Å². The molecule has 11 heteroatoms. The van der Waals surface area contributed by atoms with Crippen molar-refractivity contribution in [1.82, 2.24) is 0 Å². The molecule has 0 aliphatic carbocycles. The second-order valence-electron chi connectivity index (χ2n) is 0.513. The Hall–Kier alpha value is 1.95. The molecule has 11 heavy (non-hydrogen) atoms. The van der Waals surface area contributed by atoms with Gasteiger partial charge in [0, 0.05) is 0 Å². The fourth-order valence-electron chi connectivity index (χ4n) is 0. The van der Waals surface area contributed by atoms with Gasteiger partial charge in [-0.2, -0.15) is 0 Å². The zero-order valence-electron chi connectivity index (χ0n) is 4.20. The van der Waals surface area contributed by atoms with E-state index in [4.69, 9.17) is 19.2 Å². The van der Waals surface area contributed by atoms with Gasteiger partial charge in [0.15, 0.2) is 0 Å². The summed E-state index contributed by atoms with van der Waals surface area (Å²) in [5.74, 6) is 0. The number of phosphoric acid groups is 1. The van der Waals surface area contributed by atoms with Crippen molar-refractivity contribution in [2.75, 3.05) is 0 Å². The molecule has 0 bridgehead atoms. The van der Waals surface area contributed by atoms with Gasteiger partial charge in [0.05, 0.1) is 0 Å². The Morgan fingerprint density at radius 1 is 0.727 bits per heavy atom. The van der Waals surface area contributed by atoms with Gasteiger partial charge in [0.1, 0.15) is 0 Å². The molecule has 0 aromatic heterocycles. The molecule has 0 fully saturated rings. The molecule has 68 valence electrons. The quantitative estimate of drug-likeness (QED) is 0.268. The number of hydrogen-bond donors (Lipinski definition) is 3. The van der Waals surface area contributed by atoms with Crippen molar-refractivity contribution in [2.24, 2.45) is 0 Å². The second-order valence-corrected chi connectivity index (χ2v) is 1.54. The van der Waals surface area contributed by atoms with Gasteiger partial charge >= 0.3 is 66.9 Å². The van der Waals surface area contributed by atoms with E-state index in [0.29, 0.717) is 0 Å². The number of hydrogen-bond acceptors (Lipinski definition) is 1. The molecule has 11 N–H and O–H groups in total. The summed E-state index contributed by atoms with van der Waals surface area (Å²) in [6, 6.07) is 0. The fraction of sp³-hybridized carbons (Fsp3) is 0. The Morgan fingerprint density at radius 2 is 0.727 bits per heavy atom. The van der Waals surface area contributed by atoms with Crippen molar-refractivity contribution in [3.05, 3.63) is 0 Å². The molecule has 0 aliphatic heterocycles. The molecule has 0 aromatic carbocycles. The molecule has 0 radical (unpaired) electrons. The predicted molar refractivity (Wildman–Crippen MR) is 43.0 cm³/mol. The molecular weight excluding hydrogens is 205 g/mol. The molecule has 0 rings (SSSR count). The van der Waals surface area contributed by atoms with Crippen molar-refractivity contribution in [3.63, 3.8) is 0 Å². The zero-order chi connectivity index (χ0) is 4.50. The van der Waals surface area contributed by atoms with Crippen molar-refractivity contribution >= 4 is 66.9 Å². The third-order valence-electron chi connectivity index (χ3n) is 0. The maximum absolute atomic E-state index is 8.88. The standard InChI is InChI=1S/2Na.H3O4P.4H2O.2H/c;;1-5(2,3)4;;;;;;/h;;(H3,1,2,3,4);4*1H2;;. The Kier molecular flexibility index (Phi) is 108. The van der Waals surface area contributed by atoms with Crippen molar-refractivity contribution < 1.29 is 41.2 Å². The van der Waals surface area contributed by atoms with E-state index in [1.165, 1.54) is 0 Å². The van der Waals surface area contributed by atoms with Crippen LogP contribution in [-0.4, -0.2) is 95.7 Å². The Morgan fingerprint density at radius 3 is 0.727 bits per heavy atom. The summed E-state index contributed by atoms with van der Waals surface area (Å²) in [6.07, 6.45) is 0. The summed E-state index contributed by atoms with van der Waals surface area (Å²) in [6.45, 7) is 0. The molecule has 0 amide bonds. The number of rotatable bonds is 0. The third kappa shape index (κ3) is 311. The Bertz CT molecular complexity index is 58.2. The fourth-order valence-corrected chi connectivity index (χ4v) is 0. The van der Waals surface area contributed by atoms with E-state index in [1.54, 1.807) is 0 Å². The first-order chi connectivity index (χ1) is 2.00. The van der Waals surface area contributed by atoms with E-state index in [2.05, 4.69) is 0 Å². The first-order valence-corrected chi connectivity index (χ1v) is 2.35.